The van der Waals surface area contributed by atoms with E-state index in [9.17, 15) is 9.36 Å². The predicted molar refractivity (Wildman–Crippen MR) is 31.8 cm³/mol. The first-order valence-corrected chi connectivity index (χ1v) is 3.87. The van der Waals surface area contributed by atoms with E-state index in [1.54, 1.807) is 0 Å². The summed E-state index contributed by atoms with van der Waals surface area (Å²) in [5.41, 5.74) is 0. The van der Waals surface area contributed by atoms with Gasteiger partial charge in [-0.1, -0.05) is 0 Å². The van der Waals surface area contributed by atoms with E-state index in [0.29, 0.717) is 0 Å². The normalized spacial score (nSPS) is 13.3. The van der Waals surface area contributed by atoms with Gasteiger partial charge in [0.2, 0.25) is 6.29 Å². The molecule has 53 valence electrons. The second-order valence-corrected chi connectivity index (χ2v) is 4.41. The summed E-state index contributed by atoms with van der Waals surface area (Å²) in [6.07, 6.45) is 1.27. The highest BCUT2D eigenvalue weighted by atomic mass is 31.2. The lowest BCUT2D eigenvalue weighted by atomic mass is 10.2. The summed E-state index contributed by atoms with van der Waals surface area (Å²) < 4.78 is 10.3. The van der Waals surface area contributed by atoms with Crippen LogP contribution in [0.3, 0.4) is 0 Å². The van der Waals surface area contributed by atoms with Crippen molar-refractivity contribution >= 4 is 13.9 Å². The first kappa shape index (κ1) is 8.82. The maximum absolute atomic E-state index is 10.3. The van der Waals surface area contributed by atoms with E-state index in [-0.39, 0.29) is 0 Å². The molecule has 0 spiro atoms. The molecule has 0 aliphatic heterocycles. The van der Waals surface area contributed by atoms with Gasteiger partial charge in [0.15, 0.2) is 0 Å². The molecule has 0 fully saturated rings. The van der Waals surface area contributed by atoms with Crippen LogP contribution in [-0.2, 0) is 9.36 Å². The average Bonchev–Trinajstić information content (AvgIpc) is 1.64. The van der Waals surface area contributed by atoms with Crippen molar-refractivity contribution < 1.29 is 19.1 Å². The molecule has 1 radical (unpaired) electrons. The molecule has 0 saturated carbocycles. The van der Waals surface area contributed by atoms with Gasteiger partial charge in [-0.2, -0.15) is 0 Å². The van der Waals surface area contributed by atoms with Gasteiger partial charge in [0.05, 0.1) is 0 Å². The Hall–Kier alpha value is -0.180. The largest absolute Gasteiger partial charge is 0.338 e. The summed E-state index contributed by atoms with van der Waals surface area (Å²) in [5.74, 6) is 0. The highest BCUT2D eigenvalue weighted by Crippen LogP contribution is 2.48. The van der Waals surface area contributed by atoms with Crippen LogP contribution in [0.15, 0.2) is 0 Å². The van der Waals surface area contributed by atoms with Crippen molar-refractivity contribution in [1.29, 1.82) is 0 Å². The molecule has 0 aromatic heterocycles. The summed E-state index contributed by atoms with van der Waals surface area (Å²) in [4.78, 5) is 26.6. The van der Waals surface area contributed by atoms with E-state index in [1.165, 1.54) is 6.29 Å². The number of hydrogen-bond acceptors (Lipinski definition) is 2. The first-order chi connectivity index (χ1) is 3.81. The van der Waals surface area contributed by atoms with Crippen molar-refractivity contribution in [3.63, 3.8) is 0 Å². The van der Waals surface area contributed by atoms with Gasteiger partial charge in [-0.05, 0) is 13.8 Å². The lowest BCUT2D eigenvalue weighted by Gasteiger charge is -2.16. The molecular weight excluding hydrogens is 143 g/mol. The number of rotatable bonds is 2. The van der Waals surface area contributed by atoms with Crippen molar-refractivity contribution in [3.05, 3.63) is 0 Å². The lowest BCUT2D eigenvalue weighted by Crippen LogP contribution is -2.21. The Kier molecular flexibility index (Phi) is 2.17. The molecule has 0 aromatic carbocycles. The number of carbonyl (C=O) groups excluding carboxylic acids is 1. The predicted octanol–water partition coefficient (Wildman–Crippen LogP) is 0.0524. The van der Waals surface area contributed by atoms with Gasteiger partial charge in [0.1, 0.15) is 5.16 Å². The van der Waals surface area contributed by atoms with Gasteiger partial charge in [0, 0.05) is 0 Å². The third kappa shape index (κ3) is 1.90. The SMILES string of the molecule is CC(C)([C]=O)P(=O)(O)O. The van der Waals surface area contributed by atoms with E-state index < -0.39 is 12.8 Å². The lowest BCUT2D eigenvalue weighted by molar-refractivity contribution is 0.351. The Morgan fingerprint density at radius 1 is 1.44 bits per heavy atom. The molecule has 0 atom stereocenters. The fourth-order valence-corrected chi connectivity index (χ4v) is 0.178. The highest BCUT2D eigenvalue weighted by Gasteiger charge is 2.38. The molecular formula is C4H8O4P. The molecule has 0 aliphatic rings. The average molecular weight is 151 g/mol. The smallest absolute Gasteiger partial charge is 0.324 e. The quantitative estimate of drug-likeness (QED) is 0.547. The molecule has 9 heavy (non-hydrogen) atoms. The van der Waals surface area contributed by atoms with Crippen LogP contribution in [0.25, 0.3) is 0 Å². The van der Waals surface area contributed by atoms with E-state index in [2.05, 4.69) is 0 Å². The maximum Gasteiger partial charge on any atom is 0.338 e. The Labute approximate surface area is 53.0 Å². The first-order valence-electron chi connectivity index (χ1n) is 2.26. The van der Waals surface area contributed by atoms with Crippen molar-refractivity contribution in [2.45, 2.75) is 19.0 Å². The topological polar surface area (TPSA) is 74.6 Å². The highest BCUT2D eigenvalue weighted by molar-refractivity contribution is 7.54. The third-order valence-corrected chi connectivity index (χ3v) is 2.53. The minimum atomic E-state index is -4.29. The van der Waals surface area contributed by atoms with Crippen LogP contribution >= 0.6 is 7.60 Å². The molecule has 0 saturated heterocycles. The Balaban J connectivity index is 4.54. The molecule has 0 heterocycles. The zero-order valence-corrected chi connectivity index (χ0v) is 6.05. The van der Waals surface area contributed by atoms with E-state index in [4.69, 9.17) is 9.79 Å². The number of hydrogen-bond donors (Lipinski definition) is 2. The summed E-state index contributed by atoms with van der Waals surface area (Å²) in [6, 6.07) is 0. The standard InChI is InChI=1S/C4H8O4P/c1-4(2,3-5)9(6,7)8/h1-2H3,(H2,6,7,8). The van der Waals surface area contributed by atoms with Crippen molar-refractivity contribution in [3.8, 4) is 0 Å². The fourth-order valence-electron chi connectivity index (χ4n) is 0.0595. The zero-order chi connectivity index (χ0) is 7.71. The zero-order valence-electron chi connectivity index (χ0n) is 5.16. The molecule has 0 amide bonds. The van der Waals surface area contributed by atoms with Crippen LogP contribution in [0.1, 0.15) is 13.8 Å². The fraction of sp³-hybridized carbons (Fsp3) is 0.750. The van der Waals surface area contributed by atoms with Gasteiger partial charge in [0.25, 0.3) is 0 Å². The second-order valence-electron chi connectivity index (χ2n) is 2.21. The molecule has 2 N–H and O–H groups in total. The Morgan fingerprint density at radius 2 is 1.78 bits per heavy atom. The van der Waals surface area contributed by atoms with Crippen LogP contribution in [0.4, 0.5) is 0 Å². The molecule has 0 aromatic rings. The molecule has 0 unspecified atom stereocenters. The minimum absolute atomic E-state index is 1.14. The molecule has 0 rings (SSSR count). The molecule has 4 nitrogen and oxygen atoms in total. The van der Waals surface area contributed by atoms with Crippen molar-refractivity contribution in [2.24, 2.45) is 0 Å². The third-order valence-electron chi connectivity index (χ3n) is 0.978. The van der Waals surface area contributed by atoms with Gasteiger partial charge in [-0.3, -0.25) is 9.36 Å². The Morgan fingerprint density at radius 3 is 1.78 bits per heavy atom. The molecule has 0 aliphatic carbocycles. The van der Waals surface area contributed by atoms with E-state index in [1.807, 2.05) is 0 Å². The van der Waals surface area contributed by atoms with Gasteiger partial charge < -0.3 is 9.79 Å². The summed E-state index contributed by atoms with van der Waals surface area (Å²) >= 11 is 0. The maximum atomic E-state index is 10.3. The Bertz CT molecular complexity index is 156. The minimum Gasteiger partial charge on any atom is -0.324 e. The second kappa shape index (κ2) is 2.21. The van der Waals surface area contributed by atoms with Crippen LogP contribution in [-0.4, -0.2) is 21.2 Å². The summed E-state index contributed by atoms with van der Waals surface area (Å²) in [6.45, 7) is 2.28. The van der Waals surface area contributed by atoms with E-state index in [0.717, 1.165) is 13.8 Å². The van der Waals surface area contributed by atoms with Crippen LogP contribution < -0.4 is 0 Å². The summed E-state index contributed by atoms with van der Waals surface area (Å²) in [5, 5.41) is -1.66. The van der Waals surface area contributed by atoms with Crippen molar-refractivity contribution in [2.75, 3.05) is 0 Å². The molecule has 5 heteroatoms. The van der Waals surface area contributed by atoms with Crippen LogP contribution in [0.2, 0.25) is 0 Å². The summed E-state index contributed by atoms with van der Waals surface area (Å²) in [7, 11) is -4.29. The van der Waals surface area contributed by atoms with Gasteiger partial charge in [-0.25, -0.2) is 0 Å². The van der Waals surface area contributed by atoms with Crippen LogP contribution in [0, 0.1) is 0 Å². The van der Waals surface area contributed by atoms with Gasteiger partial charge in [-0.15, -0.1) is 0 Å². The van der Waals surface area contributed by atoms with E-state index >= 15 is 0 Å². The van der Waals surface area contributed by atoms with Crippen molar-refractivity contribution in [1.82, 2.24) is 0 Å². The monoisotopic (exact) mass is 151 g/mol. The van der Waals surface area contributed by atoms with Crippen LogP contribution in [0.5, 0.6) is 0 Å². The van der Waals surface area contributed by atoms with Gasteiger partial charge >= 0.3 is 7.60 Å². The molecule has 0 bridgehead atoms.